The molecular weight excluding hydrogens is 346 g/mol. The number of nitrogens with one attached hydrogen (secondary N) is 2. The summed E-state index contributed by atoms with van der Waals surface area (Å²) in [6.07, 6.45) is 1.23. The molecule has 1 aliphatic heterocycles. The lowest BCUT2D eigenvalue weighted by Crippen LogP contribution is -2.50. The molecule has 0 aromatic heterocycles. The molecule has 0 aliphatic carbocycles. The van der Waals surface area contributed by atoms with Crippen molar-refractivity contribution in [2.45, 2.75) is 51.9 Å². The molecular formula is C20H31N3O4. The number of ether oxygens (including phenoxy) is 2. The fourth-order valence-electron chi connectivity index (χ4n) is 2.85. The number of hydrogen-bond donors (Lipinski definition) is 2. The molecule has 1 fully saturated rings. The molecule has 0 saturated carbocycles. The van der Waals surface area contributed by atoms with Crippen LogP contribution >= 0.6 is 0 Å². The van der Waals surface area contributed by atoms with E-state index in [1.54, 1.807) is 4.90 Å². The number of carbonyl (C=O) groups excluding carboxylic acids is 2. The zero-order chi connectivity index (χ0) is 19.7. The molecule has 7 heteroatoms. The number of amides is 2. The van der Waals surface area contributed by atoms with E-state index >= 15 is 0 Å². The van der Waals surface area contributed by atoms with Gasteiger partial charge in [-0.1, -0.05) is 30.3 Å². The second-order valence-electron chi connectivity index (χ2n) is 7.71. The van der Waals surface area contributed by atoms with E-state index < -0.39 is 11.7 Å². The number of rotatable bonds is 6. The van der Waals surface area contributed by atoms with Crippen molar-refractivity contribution in [3.63, 3.8) is 0 Å². The van der Waals surface area contributed by atoms with Crippen LogP contribution in [0.15, 0.2) is 30.3 Å². The Kier molecular flexibility index (Phi) is 7.91. The van der Waals surface area contributed by atoms with Crippen LogP contribution in [0.5, 0.6) is 0 Å². The van der Waals surface area contributed by atoms with Crippen LogP contribution in [0.2, 0.25) is 0 Å². The zero-order valence-corrected chi connectivity index (χ0v) is 16.5. The fourth-order valence-corrected chi connectivity index (χ4v) is 2.85. The number of hydrogen-bond acceptors (Lipinski definition) is 5. The van der Waals surface area contributed by atoms with Crippen LogP contribution in [-0.2, 0) is 16.1 Å². The third kappa shape index (κ3) is 8.30. The Morgan fingerprint density at radius 2 is 1.93 bits per heavy atom. The number of likely N-dealkylation sites (tertiary alicyclic amines) is 1. The van der Waals surface area contributed by atoms with Crippen molar-refractivity contribution in [3.8, 4) is 0 Å². The largest absolute Gasteiger partial charge is 0.445 e. The molecule has 1 heterocycles. The maximum atomic E-state index is 12.2. The second kappa shape index (κ2) is 10.2. The second-order valence-corrected chi connectivity index (χ2v) is 7.71. The molecule has 150 valence electrons. The fraction of sp³-hybridized carbons (Fsp3) is 0.600. The normalized spacial score (nSPS) is 17.3. The molecule has 1 aromatic rings. The highest BCUT2D eigenvalue weighted by molar-refractivity contribution is 5.68. The maximum absolute atomic E-state index is 12.2. The molecule has 0 radical (unpaired) electrons. The van der Waals surface area contributed by atoms with E-state index in [2.05, 4.69) is 10.6 Å². The Hall–Kier alpha value is -2.28. The first-order chi connectivity index (χ1) is 12.8. The van der Waals surface area contributed by atoms with Crippen molar-refractivity contribution < 1.29 is 19.1 Å². The van der Waals surface area contributed by atoms with Crippen LogP contribution in [0, 0.1) is 0 Å². The van der Waals surface area contributed by atoms with Crippen molar-refractivity contribution in [1.82, 2.24) is 15.5 Å². The summed E-state index contributed by atoms with van der Waals surface area (Å²) in [5.41, 5.74) is 0.469. The average molecular weight is 377 g/mol. The van der Waals surface area contributed by atoms with Gasteiger partial charge in [0.15, 0.2) is 0 Å². The van der Waals surface area contributed by atoms with E-state index in [1.807, 2.05) is 51.1 Å². The lowest BCUT2D eigenvalue weighted by Gasteiger charge is -2.34. The standard InChI is InChI=1S/C20H31N3O4/c1-20(2,3)27-19(25)23-13-7-10-17(14-23)21-11-12-22-18(24)26-15-16-8-5-4-6-9-16/h4-6,8-9,17,21H,7,10-15H2,1-3H3,(H,22,24). The number of nitrogens with zero attached hydrogens (tertiary/aromatic N) is 1. The number of alkyl carbamates (subject to hydrolysis) is 1. The van der Waals surface area contributed by atoms with Crippen molar-refractivity contribution in [2.24, 2.45) is 0 Å². The molecule has 0 spiro atoms. The maximum Gasteiger partial charge on any atom is 0.410 e. The van der Waals surface area contributed by atoms with Gasteiger partial charge in [0, 0.05) is 32.2 Å². The lowest BCUT2D eigenvalue weighted by atomic mass is 10.1. The molecule has 2 N–H and O–H groups in total. The molecule has 1 aliphatic rings. The van der Waals surface area contributed by atoms with Crippen molar-refractivity contribution in [2.75, 3.05) is 26.2 Å². The Bertz CT molecular complexity index is 601. The minimum absolute atomic E-state index is 0.202. The monoisotopic (exact) mass is 377 g/mol. The Morgan fingerprint density at radius 1 is 1.19 bits per heavy atom. The molecule has 1 aromatic carbocycles. The Balaban J connectivity index is 1.60. The number of piperidine rings is 1. The summed E-state index contributed by atoms with van der Waals surface area (Å²) < 4.78 is 10.6. The molecule has 1 saturated heterocycles. The summed E-state index contributed by atoms with van der Waals surface area (Å²) in [4.78, 5) is 25.6. The molecule has 2 amide bonds. The molecule has 7 nitrogen and oxygen atoms in total. The van der Waals surface area contributed by atoms with Gasteiger partial charge in [0.2, 0.25) is 0 Å². The summed E-state index contributed by atoms with van der Waals surface area (Å²) in [5, 5.41) is 6.11. The van der Waals surface area contributed by atoms with Gasteiger partial charge in [-0.25, -0.2) is 9.59 Å². The van der Waals surface area contributed by atoms with Gasteiger partial charge in [-0.3, -0.25) is 0 Å². The Labute approximate surface area is 161 Å². The number of benzene rings is 1. The highest BCUT2D eigenvalue weighted by Crippen LogP contribution is 2.15. The van der Waals surface area contributed by atoms with Gasteiger partial charge in [0.05, 0.1) is 0 Å². The molecule has 1 unspecified atom stereocenters. The van der Waals surface area contributed by atoms with E-state index in [9.17, 15) is 9.59 Å². The first-order valence-electron chi connectivity index (χ1n) is 9.49. The van der Waals surface area contributed by atoms with Gasteiger partial charge < -0.3 is 25.0 Å². The van der Waals surface area contributed by atoms with E-state index in [4.69, 9.17) is 9.47 Å². The first-order valence-corrected chi connectivity index (χ1v) is 9.49. The molecule has 2 rings (SSSR count). The summed E-state index contributed by atoms with van der Waals surface area (Å²) in [7, 11) is 0. The van der Waals surface area contributed by atoms with Gasteiger partial charge in [0.1, 0.15) is 12.2 Å². The minimum atomic E-state index is -0.485. The van der Waals surface area contributed by atoms with Crippen molar-refractivity contribution in [1.29, 1.82) is 0 Å². The predicted molar refractivity (Wildman–Crippen MR) is 103 cm³/mol. The minimum Gasteiger partial charge on any atom is -0.445 e. The number of carbonyl (C=O) groups is 2. The van der Waals surface area contributed by atoms with Gasteiger partial charge >= 0.3 is 12.2 Å². The van der Waals surface area contributed by atoms with Crippen LogP contribution in [0.4, 0.5) is 9.59 Å². The summed E-state index contributed by atoms with van der Waals surface area (Å²) >= 11 is 0. The third-order valence-corrected chi connectivity index (χ3v) is 4.11. The molecule has 27 heavy (non-hydrogen) atoms. The predicted octanol–water partition coefficient (Wildman–Crippen LogP) is 2.90. The molecule has 1 atom stereocenters. The summed E-state index contributed by atoms with van der Waals surface area (Å²) in [5.74, 6) is 0. The quantitative estimate of drug-likeness (QED) is 0.745. The van der Waals surface area contributed by atoms with Crippen molar-refractivity contribution in [3.05, 3.63) is 35.9 Å². The van der Waals surface area contributed by atoms with Gasteiger partial charge in [-0.05, 0) is 39.2 Å². The highest BCUT2D eigenvalue weighted by atomic mass is 16.6. The SMILES string of the molecule is CC(C)(C)OC(=O)N1CCCC(NCCNC(=O)OCc2ccccc2)C1. The summed E-state index contributed by atoms with van der Waals surface area (Å²) in [6, 6.07) is 9.76. The highest BCUT2D eigenvalue weighted by Gasteiger charge is 2.27. The first kappa shape index (κ1) is 21.0. The smallest absolute Gasteiger partial charge is 0.410 e. The van der Waals surface area contributed by atoms with Crippen LogP contribution in [0.1, 0.15) is 39.2 Å². The van der Waals surface area contributed by atoms with Gasteiger partial charge in [0.25, 0.3) is 0 Å². The van der Waals surface area contributed by atoms with E-state index in [1.165, 1.54) is 0 Å². The van der Waals surface area contributed by atoms with Gasteiger partial charge in [-0.15, -0.1) is 0 Å². The molecule has 0 bridgehead atoms. The average Bonchev–Trinajstić information content (AvgIpc) is 2.63. The van der Waals surface area contributed by atoms with E-state index in [-0.39, 0.29) is 18.7 Å². The Morgan fingerprint density at radius 3 is 2.63 bits per heavy atom. The van der Waals surface area contributed by atoms with Crippen molar-refractivity contribution >= 4 is 12.2 Å². The topological polar surface area (TPSA) is 79.9 Å². The lowest BCUT2D eigenvalue weighted by molar-refractivity contribution is 0.0188. The third-order valence-electron chi connectivity index (χ3n) is 4.11. The zero-order valence-electron chi connectivity index (χ0n) is 16.5. The van der Waals surface area contributed by atoms with Crippen LogP contribution in [0.3, 0.4) is 0 Å². The summed E-state index contributed by atoms with van der Waals surface area (Å²) in [6.45, 7) is 8.29. The van der Waals surface area contributed by atoms with E-state index in [0.29, 0.717) is 19.6 Å². The van der Waals surface area contributed by atoms with Crippen LogP contribution in [-0.4, -0.2) is 54.9 Å². The van der Waals surface area contributed by atoms with Crippen LogP contribution < -0.4 is 10.6 Å². The van der Waals surface area contributed by atoms with E-state index in [0.717, 1.165) is 24.9 Å². The van der Waals surface area contributed by atoms with Crippen LogP contribution in [0.25, 0.3) is 0 Å². The van der Waals surface area contributed by atoms with Gasteiger partial charge in [-0.2, -0.15) is 0 Å².